The van der Waals surface area contributed by atoms with Crippen molar-refractivity contribution in [1.29, 1.82) is 0 Å². The van der Waals surface area contributed by atoms with E-state index in [9.17, 15) is 0 Å². The van der Waals surface area contributed by atoms with Crippen molar-refractivity contribution in [3.8, 4) is 0 Å². The first-order valence-electron chi connectivity index (χ1n) is 8.84. The lowest BCUT2D eigenvalue weighted by atomic mass is 9.67. The summed E-state index contributed by atoms with van der Waals surface area (Å²) in [6.45, 7) is 19.0. The molecule has 0 aromatic heterocycles. The smallest absolute Gasteiger partial charge is 0.271 e. The van der Waals surface area contributed by atoms with E-state index in [1.165, 1.54) is 0 Å². The van der Waals surface area contributed by atoms with Crippen LogP contribution >= 0.6 is 34.8 Å². The molecular weight excluding hydrogens is 361 g/mol. The van der Waals surface area contributed by atoms with Gasteiger partial charge in [-0.15, -0.1) is 34.8 Å². The van der Waals surface area contributed by atoms with Crippen LogP contribution in [0.2, 0.25) is 0 Å². The summed E-state index contributed by atoms with van der Waals surface area (Å²) >= 11 is 19.9. The molecule has 0 radical (unpaired) electrons. The van der Waals surface area contributed by atoms with E-state index in [0.29, 0.717) is 0 Å². The highest BCUT2D eigenvalue weighted by molar-refractivity contribution is 6.65. The summed E-state index contributed by atoms with van der Waals surface area (Å²) in [7, 11) is 2.59. The first kappa shape index (κ1) is 23.0. The van der Waals surface area contributed by atoms with Gasteiger partial charge in [-0.3, -0.25) is 0 Å². The molecule has 1 aliphatic rings. The topological polar surface area (TPSA) is 9.72 Å². The summed E-state index contributed by atoms with van der Waals surface area (Å²) in [6.07, 6.45) is 0. The van der Waals surface area contributed by atoms with Gasteiger partial charge in [0.2, 0.25) is 0 Å². The zero-order valence-corrected chi connectivity index (χ0v) is 19.1. The van der Waals surface area contributed by atoms with Crippen molar-refractivity contribution in [2.75, 3.05) is 0 Å². The third-order valence-corrected chi connectivity index (χ3v) is 6.66. The fourth-order valence-corrected chi connectivity index (χ4v) is 3.29. The third kappa shape index (κ3) is 5.99. The molecule has 0 N–H and O–H groups in total. The molecule has 3 nitrogen and oxygen atoms in total. The predicted molar refractivity (Wildman–Crippen MR) is 115 cm³/mol. The highest BCUT2D eigenvalue weighted by Gasteiger charge is 2.42. The van der Waals surface area contributed by atoms with Crippen molar-refractivity contribution in [3.05, 3.63) is 0 Å². The fraction of sp³-hybridized carbons (Fsp3) is 1.00. The molecule has 0 saturated carbocycles. The molecule has 0 aromatic carbocycles. The maximum absolute atomic E-state index is 6.62. The third-order valence-electron chi connectivity index (χ3n) is 5.71. The van der Waals surface area contributed by atoms with Crippen LogP contribution < -0.4 is 0 Å². The van der Waals surface area contributed by atoms with Crippen molar-refractivity contribution in [2.24, 2.45) is 0 Å². The molecule has 1 heterocycles. The van der Waals surface area contributed by atoms with Crippen molar-refractivity contribution < 1.29 is 0 Å². The minimum absolute atomic E-state index is 0.237. The molecular formula is C15H33B3Cl3N3. The van der Waals surface area contributed by atoms with E-state index in [2.05, 4.69) is 76.5 Å². The van der Waals surface area contributed by atoms with E-state index in [1.54, 1.807) is 0 Å². The van der Waals surface area contributed by atoms with Crippen LogP contribution in [0.1, 0.15) is 62.3 Å². The van der Waals surface area contributed by atoms with Gasteiger partial charge in [-0.1, -0.05) is 0 Å². The van der Waals surface area contributed by atoms with Crippen LogP contribution in [0.25, 0.3) is 0 Å². The van der Waals surface area contributed by atoms with Gasteiger partial charge in [0.05, 0.1) is 14.6 Å². The van der Waals surface area contributed by atoms with E-state index in [1.807, 2.05) is 0 Å². The molecule has 138 valence electrons. The van der Waals surface area contributed by atoms with Crippen molar-refractivity contribution in [2.45, 2.75) is 95.1 Å². The highest BCUT2D eigenvalue weighted by Crippen LogP contribution is 2.29. The van der Waals surface area contributed by atoms with Crippen LogP contribution in [0, 0.1) is 0 Å². The van der Waals surface area contributed by atoms with E-state index >= 15 is 0 Å². The molecule has 0 aliphatic carbocycles. The molecule has 0 bridgehead atoms. The Kier molecular flexibility index (Phi) is 7.57. The minimum Gasteiger partial charge on any atom is -0.359 e. The van der Waals surface area contributed by atoms with Crippen LogP contribution in [0.5, 0.6) is 0 Å². The maximum atomic E-state index is 6.62. The van der Waals surface area contributed by atoms with Crippen LogP contribution in [0.3, 0.4) is 0 Å². The summed E-state index contributed by atoms with van der Waals surface area (Å²) in [5.74, 6) is 0. The summed E-state index contributed by atoms with van der Waals surface area (Å²) in [6, 6.07) is 0.710. The molecule has 1 rings (SSSR count). The Balaban J connectivity index is 3.07. The van der Waals surface area contributed by atoms with Crippen LogP contribution in [0.4, 0.5) is 0 Å². The Hall–Kier alpha value is 0.945. The summed E-state index contributed by atoms with van der Waals surface area (Å²) in [4.78, 5) is -0.892. The minimum atomic E-state index is -0.297. The van der Waals surface area contributed by atoms with Crippen molar-refractivity contribution in [1.82, 2.24) is 14.2 Å². The lowest BCUT2D eigenvalue weighted by molar-refractivity contribution is 0.299. The van der Waals surface area contributed by atoms with Gasteiger partial charge in [0, 0.05) is 18.1 Å². The molecule has 0 amide bonds. The Labute approximate surface area is 166 Å². The van der Waals surface area contributed by atoms with Gasteiger partial charge in [0.25, 0.3) is 22.6 Å². The fourth-order valence-electron chi connectivity index (χ4n) is 2.87. The largest absolute Gasteiger partial charge is 0.359 e. The first-order chi connectivity index (χ1) is 10.5. The number of rotatable bonds is 6. The van der Waals surface area contributed by atoms with Gasteiger partial charge in [-0.2, -0.15) is 0 Å². The quantitative estimate of drug-likeness (QED) is 0.507. The molecule has 9 heteroatoms. The number of halogens is 3. The van der Waals surface area contributed by atoms with Gasteiger partial charge in [-0.05, 0) is 62.3 Å². The van der Waals surface area contributed by atoms with Crippen molar-refractivity contribution in [3.63, 3.8) is 0 Å². The van der Waals surface area contributed by atoms with Crippen LogP contribution in [-0.2, 0) is 0 Å². The predicted octanol–water partition coefficient (Wildman–Crippen LogP) is 2.92. The van der Waals surface area contributed by atoms with Crippen molar-refractivity contribution >= 4 is 57.5 Å². The Morgan fingerprint density at radius 2 is 0.708 bits per heavy atom. The van der Waals surface area contributed by atoms with Crippen LogP contribution in [0.15, 0.2) is 0 Å². The van der Waals surface area contributed by atoms with Gasteiger partial charge >= 0.3 is 0 Å². The number of nitrogens with zero attached hydrogens (tertiary/aromatic N) is 3. The summed E-state index contributed by atoms with van der Waals surface area (Å²) in [5.41, 5.74) is 0. The lowest BCUT2D eigenvalue weighted by Gasteiger charge is -2.52. The molecule has 1 saturated heterocycles. The summed E-state index contributed by atoms with van der Waals surface area (Å²) < 4.78 is 7.28. The van der Waals surface area contributed by atoms with Gasteiger partial charge in [0.15, 0.2) is 0 Å². The van der Waals surface area contributed by atoms with E-state index in [0.717, 1.165) is 22.6 Å². The van der Waals surface area contributed by atoms with E-state index < -0.39 is 0 Å². The first-order valence-corrected chi connectivity index (χ1v) is 9.97. The lowest BCUT2D eigenvalue weighted by Crippen LogP contribution is -2.71. The molecule has 3 atom stereocenters. The molecule has 0 spiro atoms. The number of hydrogen-bond acceptors (Lipinski definition) is 3. The molecule has 1 fully saturated rings. The standard InChI is InChI=1S/C15H33B3Cl3N3/c1-10(13(4,5)19)22-16-23(11(2)14(6,7)20)18-24(17-22)12(3)15(8,9)21/h10-12,16-18H,1-9H3. The Morgan fingerprint density at radius 1 is 0.542 bits per heavy atom. The maximum Gasteiger partial charge on any atom is 0.271 e. The zero-order chi connectivity index (χ0) is 19.1. The normalized spacial score (nSPS) is 23.0. The highest BCUT2D eigenvalue weighted by atomic mass is 35.5. The Morgan fingerprint density at radius 3 is 0.833 bits per heavy atom. The van der Waals surface area contributed by atoms with E-state index in [-0.39, 0.29) is 32.7 Å². The zero-order valence-electron chi connectivity index (χ0n) is 16.8. The Bertz CT molecular complexity index is 353. The average molecular weight is 394 g/mol. The van der Waals surface area contributed by atoms with Gasteiger partial charge < -0.3 is 14.2 Å². The molecule has 0 aromatic rings. The molecule has 24 heavy (non-hydrogen) atoms. The molecule has 1 aliphatic heterocycles. The van der Waals surface area contributed by atoms with Crippen LogP contribution in [-0.4, -0.2) is 69.6 Å². The van der Waals surface area contributed by atoms with Gasteiger partial charge in [0.1, 0.15) is 0 Å². The van der Waals surface area contributed by atoms with E-state index in [4.69, 9.17) is 34.8 Å². The monoisotopic (exact) mass is 393 g/mol. The second-order valence-corrected chi connectivity index (χ2v) is 11.8. The summed E-state index contributed by atoms with van der Waals surface area (Å²) in [5, 5.41) is 0. The second kappa shape index (κ2) is 7.90. The molecule has 3 unspecified atom stereocenters. The number of hydrogen-bond donors (Lipinski definition) is 0. The van der Waals surface area contributed by atoms with Gasteiger partial charge in [-0.25, -0.2) is 0 Å². The second-order valence-electron chi connectivity index (χ2n) is 8.91. The number of alkyl halides is 3. The average Bonchev–Trinajstić information content (AvgIpc) is 2.41. The SMILES string of the molecule is CC(N1BN(C(C)C(C)(C)Cl)BN(C(C)C(C)(C)Cl)B1)C(C)(C)Cl.